The van der Waals surface area contributed by atoms with Crippen molar-refractivity contribution in [3.63, 3.8) is 0 Å². The summed E-state index contributed by atoms with van der Waals surface area (Å²) in [5, 5.41) is 3.12. The molecule has 0 amide bonds. The molecule has 4 nitrogen and oxygen atoms in total. The molecule has 2 rings (SSSR count). The number of hydrogen-bond acceptors (Lipinski definition) is 4. The monoisotopic (exact) mass is 285 g/mol. The zero-order valence-corrected chi connectivity index (χ0v) is 11.4. The number of hydrogen-bond donors (Lipinski definition) is 1. The largest absolute Gasteiger partial charge is 0.374 e. The first-order valence-electron chi connectivity index (χ1n) is 6.36. The maximum atomic E-state index is 13.5. The highest BCUT2D eigenvalue weighted by Crippen LogP contribution is 2.24. The van der Waals surface area contributed by atoms with Gasteiger partial charge in [0.1, 0.15) is 0 Å². The van der Waals surface area contributed by atoms with Crippen LogP contribution < -0.4 is 5.32 Å². The van der Waals surface area contributed by atoms with Crippen molar-refractivity contribution in [2.24, 2.45) is 0 Å². The summed E-state index contributed by atoms with van der Waals surface area (Å²) in [4.78, 5) is 7.46. The molecule has 1 heterocycles. The molecule has 0 spiro atoms. The van der Waals surface area contributed by atoms with Gasteiger partial charge in [0.25, 0.3) is 0 Å². The van der Waals surface area contributed by atoms with Crippen molar-refractivity contribution in [1.29, 1.82) is 0 Å². The first kappa shape index (κ1) is 14.2. The lowest BCUT2D eigenvalue weighted by Crippen LogP contribution is -2.32. The highest BCUT2D eigenvalue weighted by atomic mass is 35.5. The quantitative estimate of drug-likeness (QED) is 0.667. The van der Waals surface area contributed by atoms with Gasteiger partial charge in [0.2, 0.25) is 5.28 Å². The molecule has 1 aliphatic carbocycles. The summed E-state index contributed by atoms with van der Waals surface area (Å²) in [6.07, 6.45) is 6.86. The van der Waals surface area contributed by atoms with Crippen molar-refractivity contribution in [3.8, 4) is 0 Å². The zero-order valence-electron chi connectivity index (χ0n) is 10.6. The minimum atomic E-state index is -0.487. The molecular weight excluding hydrogens is 269 g/mol. The Morgan fingerprint density at radius 3 is 3.21 bits per heavy atom. The smallest absolute Gasteiger partial charge is 0.224 e. The third-order valence-electron chi connectivity index (χ3n) is 3.13. The average molecular weight is 286 g/mol. The van der Waals surface area contributed by atoms with Gasteiger partial charge >= 0.3 is 0 Å². The van der Waals surface area contributed by atoms with E-state index < -0.39 is 5.82 Å². The minimum absolute atomic E-state index is 0.0409. The van der Waals surface area contributed by atoms with E-state index in [0.29, 0.717) is 6.61 Å². The highest BCUT2D eigenvalue weighted by Gasteiger charge is 2.23. The molecule has 19 heavy (non-hydrogen) atoms. The Labute approximate surface area is 117 Å². The van der Waals surface area contributed by atoms with Crippen molar-refractivity contribution < 1.29 is 9.13 Å². The van der Waals surface area contributed by atoms with Crippen LogP contribution in [0.3, 0.4) is 0 Å². The number of aromatic nitrogens is 2. The predicted molar refractivity (Wildman–Crippen MR) is 72.8 cm³/mol. The van der Waals surface area contributed by atoms with Gasteiger partial charge in [-0.25, -0.2) is 9.37 Å². The molecule has 2 atom stereocenters. The standard InChI is InChI=1S/C13H17ClFN3O/c1-2-6-19-10-5-3-4-9(7-10)17-12-11(15)8-16-13(14)18-12/h2,8-10H,1,3-7H2,(H,16,17,18). The maximum Gasteiger partial charge on any atom is 0.224 e. The van der Waals surface area contributed by atoms with Gasteiger partial charge in [-0.2, -0.15) is 4.98 Å². The molecule has 104 valence electrons. The molecule has 2 unspecified atom stereocenters. The van der Waals surface area contributed by atoms with Gasteiger partial charge in [-0.15, -0.1) is 6.58 Å². The summed E-state index contributed by atoms with van der Waals surface area (Å²) >= 11 is 5.67. The van der Waals surface area contributed by atoms with E-state index in [1.165, 1.54) is 0 Å². The number of halogens is 2. The highest BCUT2D eigenvalue weighted by molar-refractivity contribution is 6.28. The van der Waals surface area contributed by atoms with Crippen LogP contribution in [0, 0.1) is 5.82 Å². The van der Waals surface area contributed by atoms with Gasteiger partial charge in [0, 0.05) is 6.04 Å². The molecule has 1 saturated carbocycles. The van der Waals surface area contributed by atoms with E-state index in [2.05, 4.69) is 21.9 Å². The summed E-state index contributed by atoms with van der Waals surface area (Å²) < 4.78 is 19.2. The third kappa shape index (κ3) is 4.14. The van der Waals surface area contributed by atoms with Gasteiger partial charge in [0.15, 0.2) is 11.6 Å². The summed E-state index contributed by atoms with van der Waals surface area (Å²) in [5.41, 5.74) is 0. The van der Waals surface area contributed by atoms with Crippen molar-refractivity contribution in [2.45, 2.75) is 37.8 Å². The molecule has 0 saturated heterocycles. The molecule has 1 aromatic rings. The lowest BCUT2D eigenvalue weighted by atomic mass is 9.93. The normalized spacial score (nSPS) is 23.1. The molecule has 1 aliphatic rings. The van der Waals surface area contributed by atoms with Crippen LogP contribution in [0.5, 0.6) is 0 Å². The molecular formula is C13H17ClFN3O. The molecule has 0 aromatic carbocycles. The van der Waals surface area contributed by atoms with Crippen LogP contribution >= 0.6 is 11.6 Å². The Kier molecular flexibility index (Phi) is 5.10. The fourth-order valence-corrected chi connectivity index (χ4v) is 2.41. The van der Waals surface area contributed by atoms with Crippen LogP contribution in [0.25, 0.3) is 0 Å². The van der Waals surface area contributed by atoms with Crippen LogP contribution in [0.4, 0.5) is 10.2 Å². The van der Waals surface area contributed by atoms with Crippen LogP contribution in [0.1, 0.15) is 25.7 Å². The molecule has 1 aromatic heterocycles. The zero-order chi connectivity index (χ0) is 13.7. The fourth-order valence-electron chi connectivity index (χ4n) is 2.27. The second-order valence-corrected chi connectivity index (χ2v) is 4.93. The van der Waals surface area contributed by atoms with Crippen LogP contribution in [0.2, 0.25) is 5.28 Å². The number of nitrogens with zero attached hydrogens (tertiary/aromatic N) is 2. The summed E-state index contributed by atoms with van der Waals surface area (Å²) in [6, 6.07) is 0.143. The Balaban J connectivity index is 1.94. The molecule has 0 radical (unpaired) electrons. The topological polar surface area (TPSA) is 47.0 Å². The Morgan fingerprint density at radius 1 is 1.58 bits per heavy atom. The van der Waals surface area contributed by atoms with Crippen molar-refractivity contribution in [2.75, 3.05) is 11.9 Å². The van der Waals surface area contributed by atoms with Gasteiger partial charge in [-0.1, -0.05) is 6.08 Å². The lowest BCUT2D eigenvalue weighted by molar-refractivity contribution is 0.0432. The summed E-state index contributed by atoms with van der Waals surface area (Å²) in [6.45, 7) is 4.18. The molecule has 1 N–H and O–H groups in total. The molecule has 1 fully saturated rings. The van der Waals surface area contributed by atoms with E-state index in [4.69, 9.17) is 16.3 Å². The van der Waals surface area contributed by atoms with E-state index in [-0.39, 0.29) is 23.2 Å². The number of ether oxygens (including phenoxy) is 1. The second kappa shape index (κ2) is 6.82. The average Bonchev–Trinajstić information content (AvgIpc) is 2.41. The molecule has 0 aliphatic heterocycles. The van der Waals surface area contributed by atoms with Crippen LogP contribution in [-0.4, -0.2) is 28.7 Å². The Morgan fingerprint density at radius 2 is 2.42 bits per heavy atom. The third-order valence-corrected chi connectivity index (χ3v) is 3.31. The number of nitrogens with one attached hydrogen (secondary N) is 1. The molecule has 0 bridgehead atoms. The van der Waals surface area contributed by atoms with Crippen LogP contribution in [-0.2, 0) is 4.74 Å². The summed E-state index contributed by atoms with van der Waals surface area (Å²) in [7, 11) is 0. The lowest BCUT2D eigenvalue weighted by Gasteiger charge is -2.29. The van der Waals surface area contributed by atoms with Crippen LogP contribution in [0.15, 0.2) is 18.9 Å². The van der Waals surface area contributed by atoms with Crippen molar-refractivity contribution in [1.82, 2.24) is 9.97 Å². The van der Waals surface area contributed by atoms with Gasteiger partial charge in [-0.3, -0.25) is 0 Å². The van der Waals surface area contributed by atoms with E-state index in [9.17, 15) is 4.39 Å². The van der Waals surface area contributed by atoms with Crippen molar-refractivity contribution in [3.05, 3.63) is 30.0 Å². The van der Waals surface area contributed by atoms with Gasteiger partial charge in [-0.05, 0) is 37.3 Å². The van der Waals surface area contributed by atoms with E-state index in [1.807, 2.05) is 0 Å². The van der Waals surface area contributed by atoms with E-state index in [0.717, 1.165) is 31.9 Å². The second-order valence-electron chi connectivity index (χ2n) is 4.59. The Bertz CT molecular complexity index is 444. The van der Waals surface area contributed by atoms with Crippen molar-refractivity contribution >= 4 is 17.4 Å². The van der Waals surface area contributed by atoms with E-state index >= 15 is 0 Å². The van der Waals surface area contributed by atoms with Gasteiger partial charge in [0.05, 0.1) is 18.9 Å². The number of rotatable bonds is 5. The number of anilines is 1. The van der Waals surface area contributed by atoms with Gasteiger partial charge < -0.3 is 10.1 Å². The summed E-state index contributed by atoms with van der Waals surface area (Å²) in [5.74, 6) is -0.326. The Hall–Kier alpha value is -1.20. The fraction of sp³-hybridized carbons (Fsp3) is 0.538. The van der Waals surface area contributed by atoms with E-state index in [1.54, 1.807) is 6.08 Å². The predicted octanol–water partition coefficient (Wildman–Crippen LogP) is 3.19. The molecule has 6 heteroatoms. The minimum Gasteiger partial charge on any atom is -0.374 e. The first-order chi connectivity index (χ1) is 9.19. The maximum absolute atomic E-state index is 13.5. The SMILES string of the molecule is C=CCOC1CCCC(Nc2nc(Cl)ncc2F)C1. The first-order valence-corrected chi connectivity index (χ1v) is 6.74.